The molecule has 0 bridgehead atoms. The van der Waals surface area contributed by atoms with Crippen molar-refractivity contribution in [2.75, 3.05) is 39.4 Å². The zero-order valence-corrected chi connectivity index (χ0v) is 14.1. The molecule has 1 aliphatic carbocycles. The van der Waals surface area contributed by atoms with Gasteiger partial charge in [-0.15, -0.1) is 0 Å². The molecule has 0 aromatic heterocycles. The van der Waals surface area contributed by atoms with E-state index in [2.05, 4.69) is 31.0 Å². The maximum Gasteiger partial charge on any atom is 0.0932 e. The van der Waals surface area contributed by atoms with Crippen molar-refractivity contribution in [2.24, 2.45) is 17.8 Å². The van der Waals surface area contributed by atoms with Gasteiger partial charge >= 0.3 is 0 Å². The molecule has 0 aromatic rings. The van der Waals surface area contributed by atoms with Crippen LogP contribution in [0.15, 0.2) is 0 Å². The van der Waals surface area contributed by atoms with Gasteiger partial charge in [-0.2, -0.15) is 0 Å². The van der Waals surface area contributed by atoms with Gasteiger partial charge in [0.05, 0.1) is 19.3 Å². The number of hydrogen-bond acceptors (Lipinski definition) is 4. The van der Waals surface area contributed by atoms with Crippen molar-refractivity contribution < 1.29 is 9.84 Å². The highest BCUT2D eigenvalue weighted by atomic mass is 16.5. The quantitative estimate of drug-likeness (QED) is 0.784. The minimum atomic E-state index is 0.0146. The minimum Gasteiger partial charge on any atom is -0.394 e. The Morgan fingerprint density at radius 2 is 2.14 bits per heavy atom. The van der Waals surface area contributed by atoms with E-state index in [0.29, 0.717) is 6.04 Å². The molecule has 1 heterocycles. The van der Waals surface area contributed by atoms with Crippen molar-refractivity contribution in [3.05, 3.63) is 0 Å². The molecular formula is C17H34N2O2. The van der Waals surface area contributed by atoms with Gasteiger partial charge in [0.1, 0.15) is 0 Å². The first kappa shape index (κ1) is 17.2. The fraction of sp³-hybridized carbons (Fsp3) is 1.00. The molecule has 4 unspecified atom stereocenters. The lowest BCUT2D eigenvalue weighted by molar-refractivity contribution is -0.0596. The second-order valence-electron chi connectivity index (χ2n) is 7.18. The summed E-state index contributed by atoms with van der Waals surface area (Å²) in [6.45, 7) is 12.0. The normalized spacial score (nSPS) is 35.3. The zero-order chi connectivity index (χ0) is 15.2. The van der Waals surface area contributed by atoms with Gasteiger partial charge in [0.15, 0.2) is 0 Å². The van der Waals surface area contributed by atoms with Crippen LogP contribution in [0, 0.1) is 17.8 Å². The molecule has 21 heavy (non-hydrogen) atoms. The summed E-state index contributed by atoms with van der Waals surface area (Å²) in [5.41, 5.74) is 0. The van der Waals surface area contributed by atoms with E-state index in [-0.39, 0.29) is 12.7 Å². The summed E-state index contributed by atoms with van der Waals surface area (Å²) in [6, 6.07) is 0.667. The van der Waals surface area contributed by atoms with Crippen molar-refractivity contribution >= 4 is 0 Å². The lowest BCUT2D eigenvalue weighted by Gasteiger charge is -2.42. The van der Waals surface area contributed by atoms with Crippen molar-refractivity contribution in [1.29, 1.82) is 0 Å². The van der Waals surface area contributed by atoms with Gasteiger partial charge in [-0.05, 0) is 43.6 Å². The van der Waals surface area contributed by atoms with Gasteiger partial charge in [0.2, 0.25) is 0 Å². The molecule has 2 aliphatic rings. The Balaban J connectivity index is 1.92. The Bertz CT molecular complexity index is 299. The Kier molecular flexibility index (Phi) is 6.93. The van der Waals surface area contributed by atoms with Crippen LogP contribution in [-0.2, 0) is 4.74 Å². The average Bonchev–Trinajstić information content (AvgIpc) is 2.49. The molecule has 4 atom stereocenters. The second-order valence-corrected chi connectivity index (χ2v) is 7.18. The van der Waals surface area contributed by atoms with E-state index >= 15 is 0 Å². The lowest BCUT2D eigenvalue weighted by Crippen LogP contribution is -2.51. The molecule has 2 N–H and O–H groups in total. The maximum atomic E-state index is 9.30. The van der Waals surface area contributed by atoms with Crippen LogP contribution in [0.3, 0.4) is 0 Å². The van der Waals surface area contributed by atoms with E-state index < -0.39 is 0 Å². The lowest BCUT2D eigenvalue weighted by atomic mass is 9.73. The van der Waals surface area contributed by atoms with Crippen LogP contribution in [0.2, 0.25) is 0 Å². The van der Waals surface area contributed by atoms with E-state index in [1.807, 2.05) is 0 Å². The van der Waals surface area contributed by atoms with Crippen molar-refractivity contribution in [3.8, 4) is 0 Å². The highest BCUT2D eigenvalue weighted by molar-refractivity contribution is 4.88. The largest absolute Gasteiger partial charge is 0.394 e. The van der Waals surface area contributed by atoms with Crippen LogP contribution in [0.5, 0.6) is 0 Å². The molecule has 2 fully saturated rings. The Labute approximate surface area is 130 Å². The van der Waals surface area contributed by atoms with Crippen molar-refractivity contribution in [1.82, 2.24) is 10.2 Å². The number of aliphatic hydroxyl groups excluding tert-OH is 1. The van der Waals surface area contributed by atoms with Crippen LogP contribution in [0.25, 0.3) is 0 Å². The molecule has 2 rings (SSSR count). The second kappa shape index (κ2) is 8.47. The number of aliphatic hydroxyl groups is 1. The first-order valence-electron chi connectivity index (χ1n) is 8.82. The maximum absolute atomic E-state index is 9.30. The standard InChI is InChI=1S/C17H34N2O2/c1-4-18-17-6-5-14(13(2)3)9-15(17)10-19-7-8-21-16(11-19)12-20/h13-18,20H,4-12H2,1-3H3. The number of morpholine rings is 1. The van der Waals surface area contributed by atoms with E-state index in [1.165, 1.54) is 19.3 Å². The summed E-state index contributed by atoms with van der Waals surface area (Å²) in [6.07, 6.45) is 4.04. The molecule has 0 aromatic carbocycles. The summed E-state index contributed by atoms with van der Waals surface area (Å²) in [4.78, 5) is 2.50. The monoisotopic (exact) mass is 298 g/mol. The predicted octanol–water partition coefficient (Wildman–Crippen LogP) is 1.73. The first-order chi connectivity index (χ1) is 10.1. The fourth-order valence-electron chi connectivity index (χ4n) is 4.03. The molecule has 4 nitrogen and oxygen atoms in total. The van der Waals surface area contributed by atoms with E-state index in [4.69, 9.17) is 4.74 Å². The first-order valence-corrected chi connectivity index (χ1v) is 8.82. The Hall–Kier alpha value is -0.160. The zero-order valence-electron chi connectivity index (χ0n) is 14.1. The number of nitrogens with one attached hydrogen (secondary N) is 1. The van der Waals surface area contributed by atoms with Crippen LogP contribution >= 0.6 is 0 Å². The van der Waals surface area contributed by atoms with Crippen LogP contribution in [-0.4, -0.2) is 61.5 Å². The highest BCUT2D eigenvalue weighted by Gasteiger charge is 2.33. The molecule has 0 spiro atoms. The molecule has 1 saturated carbocycles. The minimum absolute atomic E-state index is 0.0146. The van der Waals surface area contributed by atoms with Gasteiger partial charge in [0, 0.05) is 25.7 Å². The number of nitrogens with zero attached hydrogens (tertiary/aromatic N) is 1. The van der Waals surface area contributed by atoms with E-state index in [1.54, 1.807) is 0 Å². The number of rotatable bonds is 6. The Morgan fingerprint density at radius 1 is 1.33 bits per heavy atom. The summed E-state index contributed by atoms with van der Waals surface area (Å²) >= 11 is 0. The van der Waals surface area contributed by atoms with Gasteiger partial charge in [-0.25, -0.2) is 0 Å². The van der Waals surface area contributed by atoms with Gasteiger partial charge in [-0.1, -0.05) is 20.8 Å². The molecule has 0 radical (unpaired) electrons. The van der Waals surface area contributed by atoms with Crippen molar-refractivity contribution in [2.45, 2.75) is 52.2 Å². The molecule has 4 heteroatoms. The average molecular weight is 298 g/mol. The van der Waals surface area contributed by atoms with Crippen molar-refractivity contribution in [3.63, 3.8) is 0 Å². The van der Waals surface area contributed by atoms with E-state index in [9.17, 15) is 5.11 Å². The smallest absolute Gasteiger partial charge is 0.0932 e. The summed E-state index contributed by atoms with van der Waals surface area (Å²) in [7, 11) is 0. The molecular weight excluding hydrogens is 264 g/mol. The summed E-state index contributed by atoms with van der Waals surface area (Å²) in [5, 5.41) is 13.0. The number of ether oxygens (including phenoxy) is 1. The van der Waals surface area contributed by atoms with Gasteiger partial charge in [-0.3, -0.25) is 4.90 Å². The fourth-order valence-corrected chi connectivity index (χ4v) is 4.03. The highest BCUT2D eigenvalue weighted by Crippen LogP contribution is 2.34. The van der Waals surface area contributed by atoms with E-state index in [0.717, 1.165) is 50.5 Å². The van der Waals surface area contributed by atoms with Gasteiger partial charge in [0.25, 0.3) is 0 Å². The summed E-state index contributed by atoms with van der Waals surface area (Å²) in [5.74, 6) is 2.41. The number of hydrogen-bond donors (Lipinski definition) is 2. The molecule has 124 valence electrons. The van der Waals surface area contributed by atoms with Crippen LogP contribution in [0.1, 0.15) is 40.0 Å². The molecule has 1 saturated heterocycles. The Morgan fingerprint density at radius 3 is 2.81 bits per heavy atom. The predicted molar refractivity (Wildman–Crippen MR) is 86.4 cm³/mol. The SMILES string of the molecule is CCNC1CCC(C(C)C)CC1CN1CCOC(CO)C1. The summed E-state index contributed by atoms with van der Waals surface area (Å²) < 4.78 is 5.57. The molecule has 0 amide bonds. The van der Waals surface area contributed by atoms with Gasteiger partial charge < -0.3 is 15.2 Å². The van der Waals surface area contributed by atoms with Crippen LogP contribution < -0.4 is 5.32 Å². The third-order valence-corrected chi connectivity index (χ3v) is 5.35. The van der Waals surface area contributed by atoms with Crippen LogP contribution in [0.4, 0.5) is 0 Å². The topological polar surface area (TPSA) is 44.7 Å². The third-order valence-electron chi connectivity index (χ3n) is 5.35. The molecule has 1 aliphatic heterocycles. The third kappa shape index (κ3) is 4.92.